The van der Waals surface area contributed by atoms with Gasteiger partial charge in [-0.1, -0.05) is 13.1 Å². The molecule has 0 aliphatic heterocycles. The predicted molar refractivity (Wildman–Crippen MR) is 101 cm³/mol. The van der Waals surface area contributed by atoms with Crippen molar-refractivity contribution in [3.05, 3.63) is 0 Å². The Balaban J connectivity index is 0. The van der Waals surface area contributed by atoms with Gasteiger partial charge in [-0.15, -0.1) is 0 Å². The molecular formula is C9H34O4Si6. The van der Waals surface area contributed by atoms with Crippen LogP contribution in [0, 0.1) is 0 Å². The summed E-state index contributed by atoms with van der Waals surface area (Å²) in [5.41, 5.74) is 0. The molecule has 0 atom stereocenters. The smallest absolute Gasteiger partial charge is 0.312 e. The summed E-state index contributed by atoms with van der Waals surface area (Å²) >= 11 is 0. The molecule has 19 heavy (non-hydrogen) atoms. The quantitative estimate of drug-likeness (QED) is 0.618. The molecule has 0 amide bonds. The third kappa shape index (κ3) is 17.1. The average Bonchev–Trinajstić information content (AvgIpc) is 2.11. The lowest BCUT2D eigenvalue weighted by Gasteiger charge is -2.36. The largest absolute Gasteiger partial charge is 0.468 e. The van der Waals surface area contributed by atoms with Crippen molar-refractivity contribution < 1.29 is 16.5 Å². The third-order valence-electron chi connectivity index (χ3n) is 1.82. The first-order valence-corrected chi connectivity index (χ1v) is 20.8. The minimum atomic E-state index is -1.99. The minimum Gasteiger partial charge on any atom is -0.468 e. The fourth-order valence-corrected chi connectivity index (χ4v) is 16.5. The summed E-state index contributed by atoms with van der Waals surface area (Å²) in [6.45, 7) is 19.4. The molecule has 0 unspecified atom stereocenters. The summed E-state index contributed by atoms with van der Waals surface area (Å²) in [4.78, 5) is 0. The van der Waals surface area contributed by atoms with Crippen LogP contribution in [-0.4, -0.2) is 55.5 Å². The Hall–Kier alpha value is 1.14. The van der Waals surface area contributed by atoms with Crippen molar-refractivity contribution in [1.82, 2.24) is 0 Å². The first-order chi connectivity index (χ1) is 8.39. The summed E-state index contributed by atoms with van der Waals surface area (Å²) < 4.78 is 22.9. The highest BCUT2D eigenvalue weighted by Crippen LogP contribution is 2.20. The van der Waals surface area contributed by atoms with Crippen LogP contribution in [0.25, 0.3) is 0 Å². The van der Waals surface area contributed by atoms with Gasteiger partial charge in [0.1, 0.15) is 30.0 Å². The van der Waals surface area contributed by atoms with E-state index in [4.69, 9.17) is 16.5 Å². The molecule has 0 fully saturated rings. The van der Waals surface area contributed by atoms with E-state index < -0.39 is 25.4 Å². The van der Waals surface area contributed by atoms with Crippen LogP contribution in [-0.2, 0) is 16.5 Å². The molecule has 118 valence electrons. The van der Waals surface area contributed by atoms with Gasteiger partial charge in [0.2, 0.25) is 0 Å². The van der Waals surface area contributed by atoms with Crippen molar-refractivity contribution in [2.75, 3.05) is 0 Å². The van der Waals surface area contributed by atoms with Gasteiger partial charge in [-0.3, -0.25) is 0 Å². The lowest BCUT2D eigenvalue weighted by Crippen LogP contribution is -2.52. The van der Waals surface area contributed by atoms with Gasteiger partial charge in [-0.25, -0.2) is 0 Å². The first-order valence-electron chi connectivity index (χ1n) is 6.92. The van der Waals surface area contributed by atoms with Crippen LogP contribution in [0.5, 0.6) is 0 Å². The Morgan fingerprint density at radius 2 is 1.16 bits per heavy atom. The van der Waals surface area contributed by atoms with E-state index in [1.807, 2.05) is 0 Å². The van der Waals surface area contributed by atoms with Gasteiger partial charge in [-0.2, -0.15) is 0 Å². The Kier molecular flexibility index (Phi) is 11.8. The van der Waals surface area contributed by atoms with Crippen LogP contribution in [0.15, 0.2) is 0 Å². The maximum absolute atomic E-state index is 6.14. The second-order valence-electron chi connectivity index (χ2n) is 6.13. The maximum atomic E-state index is 6.14. The van der Waals surface area contributed by atoms with E-state index in [0.29, 0.717) is 0 Å². The Bertz CT molecular complexity index is 229. The zero-order valence-electron chi connectivity index (χ0n) is 14.5. The molecule has 0 bridgehead atoms. The van der Waals surface area contributed by atoms with Crippen molar-refractivity contribution in [3.63, 3.8) is 0 Å². The van der Waals surface area contributed by atoms with E-state index in [0.717, 1.165) is 10.5 Å². The second-order valence-corrected chi connectivity index (χ2v) is 22.2. The fraction of sp³-hybridized carbons (Fsp3) is 1.00. The zero-order valence-corrected chi connectivity index (χ0v) is 22.4. The van der Waals surface area contributed by atoms with E-state index >= 15 is 0 Å². The Morgan fingerprint density at radius 3 is 1.42 bits per heavy atom. The zero-order chi connectivity index (χ0) is 15.7. The molecule has 0 saturated carbocycles. The molecule has 0 aliphatic rings. The minimum absolute atomic E-state index is 0.0139. The molecule has 0 saturated heterocycles. The van der Waals surface area contributed by atoms with Crippen molar-refractivity contribution in [2.24, 2.45) is 0 Å². The molecule has 0 radical (unpaired) electrons. The normalized spacial score (nSPS) is 14.4. The maximum Gasteiger partial charge on any atom is 0.312 e. The summed E-state index contributed by atoms with van der Waals surface area (Å²) in [6.07, 6.45) is 0. The van der Waals surface area contributed by atoms with Crippen LogP contribution >= 0.6 is 0 Å². The molecule has 0 heterocycles. The van der Waals surface area contributed by atoms with Crippen molar-refractivity contribution >= 4 is 55.5 Å². The van der Waals surface area contributed by atoms with Gasteiger partial charge in [0, 0.05) is 0 Å². The highest BCUT2D eigenvalue weighted by atomic mass is 28.5. The summed E-state index contributed by atoms with van der Waals surface area (Å²) in [7, 11) is -4.86. The monoisotopic (exact) mass is 374 g/mol. The molecule has 0 aromatic rings. The fourth-order valence-electron chi connectivity index (χ4n) is 1.73. The molecule has 4 nitrogen and oxygen atoms in total. The van der Waals surface area contributed by atoms with Crippen LogP contribution < -0.4 is 0 Å². The lowest BCUT2D eigenvalue weighted by atomic mass is 11.8. The molecule has 0 spiro atoms. The average molecular weight is 375 g/mol. The molecule has 0 aromatic carbocycles. The van der Waals surface area contributed by atoms with Crippen molar-refractivity contribution in [2.45, 2.75) is 58.9 Å². The highest BCUT2D eigenvalue weighted by Gasteiger charge is 2.38. The molecule has 0 aliphatic carbocycles. The van der Waals surface area contributed by atoms with Crippen LogP contribution in [0.1, 0.15) is 0 Å². The first kappa shape index (κ1) is 22.4. The van der Waals surface area contributed by atoms with E-state index in [9.17, 15) is 0 Å². The van der Waals surface area contributed by atoms with E-state index in [2.05, 4.69) is 58.9 Å². The van der Waals surface area contributed by atoms with Gasteiger partial charge in [0.25, 0.3) is 0 Å². The van der Waals surface area contributed by atoms with E-state index in [-0.39, 0.29) is 19.5 Å². The van der Waals surface area contributed by atoms with Crippen LogP contribution in [0.3, 0.4) is 0 Å². The Labute approximate surface area is 131 Å². The molecule has 0 N–H and O–H groups in total. The molecule has 0 aromatic heterocycles. The summed E-state index contributed by atoms with van der Waals surface area (Å²) in [6, 6.07) is 0. The summed E-state index contributed by atoms with van der Waals surface area (Å²) in [5.74, 6) is 0. The van der Waals surface area contributed by atoms with Crippen LogP contribution in [0.4, 0.5) is 0 Å². The number of hydrogen-bond donors (Lipinski definition) is 0. The topological polar surface area (TPSA) is 36.9 Å². The molecule has 10 heteroatoms. The lowest BCUT2D eigenvalue weighted by molar-refractivity contribution is 0.339. The second kappa shape index (κ2) is 9.97. The van der Waals surface area contributed by atoms with Gasteiger partial charge < -0.3 is 16.5 Å². The van der Waals surface area contributed by atoms with E-state index in [1.165, 1.54) is 0 Å². The summed E-state index contributed by atoms with van der Waals surface area (Å²) in [5, 5.41) is 0. The van der Waals surface area contributed by atoms with Gasteiger partial charge in [0.15, 0.2) is 8.32 Å². The number of hydrogen-bond acceptors (Lipinski definition) is 4. The van der Waals surface area contributed by atoms with Crippen molar-refractivity contribution in [3.8, 4) is 0 Å². The van der Waals surface area contributed by atoms with Crippen molar-refractivity contribution in [1.29, 1.82) is 0 Å². The third-order valence-corrected chi connectivity index (χ3v) is 16.4. The number of rotatable bonds is 7. The SMILES string of the molecule is C[SiH2]O[SiH3].C[SiH2]O[Si](C)(C)O[Si](C)(C)O[Si](C)(C)C. The predicted octanol–water partition coefficient (Wildman–Crippen LogP) is 0.822. The van der Waals surface area contributed by atoms with Gasteiger partial charge in [-0.05, 0) is 45.8 Å². The van der Waals surface area contributed by atoms with Crippen LogP contribution in [0.2, 0.25) is 58.9 Å². The molecular weight excluding hydrogens is 341 g/mol. The van der Waals surface area contributed by atoms with E-state index in [1.54, 1.807) is 0 Å². The standard InChI is InChI=1S/C8H26O3Si4.CH8OSi2/c1-12-9-14(5,6)11-15(7,8)10-13(2,3)4;1-4-2-3/h12H2,1-8H3;4H2,1,3H3. The molecule has 0 rings (SSSR count). The van der Waals surface area contributed by atoms with Gasteiger partial charge >= 0.3 is 17.1 Å². The highest BCUT2D eigenvalue weighted by molar-refractivity contribution is 6.86. The Morgan fingerprint density at radius 1 is 0.737 bits per heavy atom. The van der Waals surface area contributed by atoms with Gasteiger partial charge in [0.05, 0.1) is 0 Å².